The van der Waals surface area contributed by atoms with Crippen molar-refractivity contribution in [1.29, 1.82) is 0 Å². The Bertz CT molecular complexity index is 370. The van der Waals surface area contributed by atoms with Gasteiger partial charge in [0.2, 0.25) is 0 Å². The SMILES string of the molecule is C[C@@H]1CC[C@@]23C(=O)C[C@@H](C)[C@]12CCCC3(C)C. The molecule has 0 unspecified atom stereocenters. The van der Waals surface area contributed by atoms with E-state index >= 15 is 0 Å². The van der Waals surface area contributed by atoms with Gasteiger partial charge in [0.25, 0.3) is 0 Å². The molecule has 1 heteroatoms. The molecule has 0 bridgehead atoms. The van der Waals surface area contributed by atoms with Gasteiger partial charge in [0.1, 0.15) is 5.78 Å². The summed E-state index contributed by atoms with van der Waals surface area (Å²) in [7, 11) is 0. The molecule has 0 radical (unpaired) electrons. The van der Waals surface area contributed by atoms with Crippen LogP contribution >= 0.6 is 0 Å². The number of Topliss-reactive ketones (excluding diaryl/α,β-unsaturated/α-hetero) is 1. The van der Waals surface area contributed by atoms with Crippen LogP contribution in [0.1, 0.15) is 66.2 Å². The molecule has 3 saturated carbocycles. The van der Waals surface area contributed by atoms with Gasteiger partial charge in [0, 0.05) is 11.8 Å². The van der Waals surface area contributed by atoms with Crippen molar-refractivity contribution in [3.8, 4) is 0 Å². The lowest BCUT2D eigenvalue weighted by Crippen LogP contribution is -2.54. The lowest BCUT2D eigenvalue weighted by atomic mass is 9.46. The summed E-state index contributed by atoms with van der Waals surface area (Å²) in [4.78, 5) is 12.8. The first-order chi connectivity index (χ1) is 7.88. The van der Waals surface area contributed by atoms with Crippen LogP contribution in [-0.4, -0.2) is 5.78 Å². The maximum absolute atomic E-state index is 12.8. The van der Waals surface area contributed by atoms with Crippen LogP contribution in [0.2, 0.25) is 0 Å². The zero-order chi connectivity index (χ0) is 12.5. The van der Waals surface area contributed by atoms with Crippen LogP contribution < -0.4 is 0 Å². The average molecular weight is 234 g/mol. The van der Waals surface area contributed by atoms with Crippen LogP contribution in [0, 0.1) is 28.1 Å². The van der Waals surface area contributed by atoms with Gasteiger partial charge in [-0.3, -0.25) is 4.79 Å². The quantitative estimate of drug-likeness (QED) is 0.613. The highest BCUT2D eigenvalue weighted by atomic mass is 16.1. The van der Waals surface area contributed by atoms with Gasteiger partial charge >= 0.3 is 0 Å². The highest BCUT2D eigenvalue weighted by Gasteiger charge is 2.73. The minimum atomic E-state index is 0.0388. The van der Waals surface area contributed by atoms with Gasteiger partial charge in [-0.05, 0) is 48.3 Å². The van der Waals surface area contributed by atoms with Gasteiger partial charge in [0.15, 0.2) is 0 Å². The molecule has 17 heavy (non-hydrogen) atoms. The van der Waals surface area contributed by atoms with Crippen molar-refractivity contribution in [1.82, 2.24) is 0 Å². The second-order valence-electron chi connectivity index (χ2n) is 7.65. The van der Waals surface area contributed by atoms with Crippen molar-refractivity contribution >= 4 is 5.78 Å². The summed E-state index contributed by atoms with van der Waals surface area (Å²) in [5.41, 5.74) is 0.626. The third-order valence-corrected chi connectivity index (χ3v) is 7.02. The summed E-state index contributed by atoms with van der Waals surface area (Å²) in [6.45, 7) is 9.50. The van der Waals surface area contributed by atoms with E-state index in [0.29, 0.717) is 17.1 Å². The van der Waals surface area contributed by atoms with E-state index in [2.05, 4.69) is 27.7 Å². The number of carbonyl (C=O) groups excluding carboxylic acids is 1. The summed E-state index contributed by atoms with van der Waals surface area (Å²) in [6.07, 6.45) is 7.19. The molecule has 0 saturated heterocycles. The second-order valence-corrected chi connectivity index (χ2v) is 7.65. The van der Waals surface area contributed by atoms with Gasteiger partial charge in [-0.25, -0.2) is 0 Å². The molecule has 0 heterocycles. The lowest BCUT2D eigenvalue weighted by Gasteiger charge is -2.57. The first-order valence-corrected chi connectivity index (χ1v) is 7.42. The number of hydrogen-bond donors (Lipinski definition) is 0. The molecule has 3 aliphatic rings. The van der Waals surface area contributed by atoms with Crippen molar-refractivity contribution in [2.24, 2.45) is 28.1 Å². The zero-order valence-corrected chi connectivity index (χ0v) is 11.8. The Balaban J connectivity index is 2.23. The smallest absolute Gasteiger partial charge is 0.140 e. The number of hydrogen-bond acceptors (Lipinski definition) is 1. The van der Waals surface area contributed by atoms with Crippen LogP contribution in [0.15, 0.2) is 0 Å². The molecule has 0 aromatic rings. The Morgan fingerprint density at radius 3 is 2.41 bits per heavy atom. The Hall–Kier alpha value is -0.330. The largest absolute Gasteiger partial charge is 0.299 e. The highest BCUT2D eigenvalue weighted by molar-refractivity contribution is 5.90. The van der Waals surface area contributed by atoms with E-state index < -0.39 is 0 Å². The summed E-state index contributed by atoms with van der Waals surface area (Å²) in [5, 5.41) is 0. The summed E-state index contributed by atoms with van der Waals surface area (Å²) >= 11 is 0. The minimum absolute atomic E-state index is 0.0388. The van der Waals surface area contributed by atoms with Crippen LogP contribution in [0.4, 0.5) is 0 Å². The normalized spacial score (nSPS) is 52.4. The fourth-order valence-electron chi connectivity index (χ4n) is 6.37. The fraction of sp³-hybridized carbons (Fsp3) is 0.938. The zero-order valence-electron chi connectivity index (χ0n) is 11.8. The molecule has 4 atom stereocenters. The predicted octanol–water partition coefficient (Wildman–Crippen LogP) is 4.21. The van der Waals surface area contributed by atoms with Crippen molar-refractivity contribution in [3.05, 3.63) is 0 Å². The van der Waals surface area contributed by atoms with E-state index in [-0.39, 0.29) is 10.8 Å². The van der Waals surface area contributed by atoms with E-state index in [1.807, 2.05) is 0 Å². The number of carbonyl (C=O) groups is 1. The second kappa shape index (κ2) is 3.16. The van der Waals surface area contributed by atoms with E-state index in [1.165, 1.54) is 32.1 Å². The van der Waals surface area contributed by atoms with Crippen molar-refractivity contribution < 1.29 is 4.79 Å². The molecular weight excluding hydrogens is 208 g/mol. The molecule has 96 valence electrons. The molecule has 0 aromatic carbocycles. The highest BCUT2D eigenvalue weighted by Crippen LogP contribution is 2.76. The number of rotatable bonds is 0. The van der Waals surface area contributed by atoms with E-state index in [4.69, 9.17) is 0 Å². The molecule has 0 N–H and O–H groups in total. The molecule has 3 aliphatic carbocycles. The minimum Gasteiger partial charge on any atom is -0.299 e. The average Bonchev–Trinajstić information content (AvgIpc) is 2.66. The maximum Gasteiger partial charge on any atom is 0.140 e. The monoisotopic (exact) mass is 234 g/mol. The number of ketones is 1. The van der Waals surface area contributed by atoms with Gasteiger partial charge < -0.3 is 0 Å². The summed E-state index contributed by atoms with van der Waals surface area (Å²) in [6, 6.07) is 0. The molecule has 0 spiro atoms. The maximum atomic E-state index is 12.8. The Labute approximate surface area is 105 Å². The van der Waals surface area contributed by atoms with Gasteiger partial charge in [-0.2, -0.15) is 0 Å². The Morgan fingerprint density at radius 1 is 1.06 bits per heavy atom. The topological polar surface area (TPSA) is 17.1 Å². The lowest BCUT2D eigenvalue weighted by molar-refractivity contribution is -0.149. The molecule has 0 aliphatic heterocycles. The van der Waals surface area contributed by atoms with Crippen LogP contribution in [0.5, 0.6) is 0 Å². The van der Waals surface area contributed by atoms with Crippen LogP contribution in [0.25, 0.3) is 0 Å². The van der Waals surface area contributed by atoms with Crippen LogP contribution in [-0.2, 0) is 4.79 Å². The van der Waals surface area contributed by atoms with E-state index in [1.54, 1.807) is 0 Å². The molecular formula is C16H26O. The standard InChI is InChI=1S/C16H26O/c1-11-6-9-16-13(17)10-12(2)15(11,16)8-5-7-14(16,3)4/h11-12H,5-10H2,1-4H3/t11-,12-,15+,16+/m1/s1. The van der Waals surface area contributed by atoms with Crippen LogP contribution in [0.3, 0.4) is 0 Å². The van der Waals surface area contributed by atoms with Gasteiger partial charge in [0.05, 0.1) is 0 Å². The van der Waals surface area contributed by atoms with Gasteiger partial charge in [-0.1, -0.05) is 34.1 Å². The first-order valence-electron chi connectivity index (χ1n) is 7.42. The van der Waals surface area contributed by atoms with Crippen molar-refractivity contribution in [2.75, 3.05) is 0 Å². The van der Waals surface area contributed by atoms with Crippen molar-refractivity contribution in [2.45, 2.75) is 66.2 Å². The first kappa shape index (κ1) is 11.7. The Kier molecular flexibility index (Phi) is 2.18. The molecule has 0 amide bonds. The van der Waals surface area contributed by atoms with Gasteiger partial charge in [-0.15, -0.1) is 0 Å². The third kappa shape index (κ3) is 1.02. The molecule has 3 fully saturated rings. The van der Waals surface area contributed by atoms with Crippen molar-refractivity contribution in [3.63, 3.8) is 0 Å². The fourth-order valence-corrected chi connectivity index (χ4v) is 6.37. The third-order valence-electron chi connectivity index (χ3n) is 7.02. The van der Waals surface area contributed by atoms with E-state index in [9.17, 15) is 4.79 Å². The molecule has 1 nitrogen and oxygen atoms in total. The van der Waals surface area contributed by atoms with E-state index in [0.717, 1.165) is 12.3 Å². The summed E-state index contributed by atoms with van der Waals surface area (Å²) < 4.78 is 0. The summed E-state index contributed by atoms with van der Waals surface area (Å²) in [5.74, 6) is 1.98. The Morgan fingerprint density at radius 2 is 1.76 bits per heavy atom. The predicted molar refractivity (Wildman–Crippen MR) is 69.7 cm³/mol. The molecule has 0 aromatic heterocycles. The molecule has 3 rings (SSSR count).